The summed E-state index contributed by atoms with van der Waals surface area (Å²) in [4.78, 5) is 49.0. The molecule has 0 spiro atoms. The van der Waals surface area contributed by atoms with Crippen LogP contribution < -0.4 is 15.4 Å². The topological polar surface area (TPSA) is 122 Å². The number of fused-ring (bicyclic) bond motifs is 4. The highest BCUT2D eigenvalue weighted by atomic mass is 32.1. The van der Waals surface area contributed by atoms with Gasteiger partial charge in [-0.05, 0) is 79.7 Å². The van der Waals surface area contributed by atoms with Crippen LogP contribution in [0.2, 0.25) is 0 Å². The number of hydrogen-bond acceptors (Lipinski definition) is 7. The van der Waals surface area contributed by atoms with E-state index in [4.69, 9.17) is 9.47 Å². The quantitative estimate of drug-likeness (QED) is 0.152. The van der Waals surface area contributed by atoms with Crippen LogP contribution in [0.3, 0.4) is 0 Å². The van der Waals surface area contributed by atoms with Crippen LogP contribution in [-0.4, -0.2) is 48.0 Å². The van der Waals surface area contributed by atoms with Gasteiger partial charge in [-0.3, -0.25) is 9.59 Å². The fraction of sp³-hybridized carbons (Fsp3) is 0.222. The number of esters is 1. The summed E-state index contributed by atoms with van der Waals surface area (Å²) in [5.41, 5.74) is 6.58. The first-order valence-electron chi connectivity index (χ1n) is 15.1. The number of carbonyl (C=O) groups is 3. The smallest absolute Gasteiger partial charge is 0.357 e. The Kier molecular flexibility index (Phi) is 8.72. The molecule has 5 aromatic rings. The van der Waals surface area contributed by atoms with Crippen molar-refractivity contribution in [1.29, 1.82) is 0 Å². The Balaban J connectivity index is 1.54. The van der Waals surface area contributed by atoms with Gasteiger partial charge in [-0.1, -0.05) is 18.6 Å². The van der Waals surface area contributed by atoms with Crippen molar-refractivity contribution in [2.45, 2.75) is 33.6 Å². The predicted molar refractivity (Wildman–Crippen MR) is 182 cm³/mol. The molecule has 1 aliphatic rings. The lowest BCUT2D eigenvalue weighted by atomic mass is 9.93. The van der Waals surface area contributed by atoms with Crippen molar-refractivity contribution in [1.82, 2.24) is 15.3 Å². The van der Waals surface area contributed by atoms with Gasteiger partial charge in [-0.2, -0.15) is 0 Å². The number of ether oxygens (including phenoxy) is 2. The highest BCUT2D eigenvalue weighted by Crippen LogP contribution is 2.43. The van der Waals surface area contributed by atoms with Gasteiger partial charge in [0.1, 0.15) is 11.4 Å². The van der Waals surface area contributed by atoms with Crippen LogP contribution in [0.25, 0.3) is 38.5 Å². The minimum absolute atomic E-state index is 0.0732. The zero-order valence-electron chi connectivity index (χ0n) is 26.1. The Bertz CT molecular complexity index is 2020. The van der Waals surface area contributed by atoms with Gasteiger partial charge in [0.15, 0.2) is 5.69 Å². The maximum atomic E-state index is 14.4. The summed E-state index contributed by atoms with van der Waals surface area (Å²) in [6.45, 7) is 6.89. The van der Waals surface area contributed by atoms with E-state index in [9.17, 15) is 14.4 Å². The van der Waals surface area contributed by atoms with E-state index in [-0.39, 0.29) is 17.3 Å². The number of aromatic amines is 1. The summed E-state index contributed by atoms with van der Waals surface area (Å²) >= 11 is 1.59. The van der Waals surface area contributed by atoms with E-state index in [2.05, 4.69) is 26.7 Å². The molecule has 46 heavy (non-hydrogen) atoms. The Labute approximate surface area is 270 Å². The molecule has 2 amide bonds. The molecule has 1 aliphatic heterocycles. The summed E-state index contributed by atoms with van der Waals surface area (Å²) in [5, 5.41) is 8.95. The molecule has 2 aromatic carbocycles. The normalized spacial score (nSPS) is 11.9. The second-order valence-corrected chi connectivity index (χ2v) is 12.2. The van der Waals surface area contributed by atoms with Crippen molar-refractivity contribution in [3.8, 4) is 27.3 Å². The molecule has 6 rings (SSSR count). The molecule has 0 saturated carbocycles. The molecule has 4 heterocycles. The van der Waals surface area contributed by atoms with Crippen molar-refractivity contribution >= 4 is 51.8 Å². The first-order valence-corrected chi connectivity index (χ1v) is 16.0. The number of amides is 2. The van der Waals surface area contributed by atoms with Crippen molar-refractivity contribution in [3.05, 3.63) is 93.8 Å². The number of nitrogens with zero attached hydrogens (tertiary/aromatic N) is 1. The van der Waals surface area contributed by atoms with Crippen molar-refractivity contribution < 1.29 is 23.9 Å². The standard InChI is InChI=1S/C36H34N4O5S/c1-5-13-38-35(42)30-7-6-23(32(39-30)36(43)44-4)24-19-31-27(33-21(11-15-45-31)12-16-46-33)18-26(24)34(41)40-29-9-8-28-22(10-14-37-28)25(29)17-20(2)3/h6-10,12,14,16-19,37H,5,11,13,15H2,1-4H3,(H,38,42)(H,40,41). The van der Waals surface area contributed by atoms with Gasteiger partial charge in [0, 0.05) is 68.4 Å². The third-order valence-electron chi connectivity index (χ3n) is 7.77. The molecule has 3 aromatic heterocycles. The van der Waals surface area contributed by atoms with E-state index in [0.717, 1.165) is 50.9 Å². The number of rotatable bonds is 8. The van der Waals surface area contributed by atoms with E-state index in [1.165, 1.54) is 7.11 Å². The number of hydrogen-bond donors (Lipinski definition) is 3. The number of H-pyrrole nitrogens is 1. The maximum Gasteiger partial charge on any atom is 0.357 e. The summed E-state index contributed by atoms with van der Waals surface area (Å²) in [6, 6.07) is 14.6. The summed E-state index contributed by atoms with van der Waals surface area (Å²) in [6.07, 6.45) is 5.38. The van der Waals surface area contributed by atoms with Crippen LogP contribution in [0.5, 0.6) is 5.75 Å². The highest BCUT2D eigenvalue weighted by Gasteiger charge is 2.27. The third kappa shape index (κ3) is 5.91. The lowest BCUT2D eigenvalue weighted by Crippen LogP contribution is -2.26. The number of nitrogens with one attached hydrogen (secondary N) is 3. The summed E-state index contributed by atoms with van der Waals surface area (Å²) in [5.74, 6) is -0.919. The van der Waals surface area contributed by atoms with Gasteiger partial charge < -0.3 is 25.1 Å². The molecule has 0 bridgehead atoms. The molecular weight excluding hydrogens is 600 g/mol. The van der Waals surface area contributed by atoms with Gasteiger partial charge in [0.2, 0.25) is 0 Å². The second kappa shape index (κ2) is 13.0. The number of methoxy groups -OCH3 is 1. The molecule has 0 atom stereocenters. The van der Waals surface area contributed by atoms with E-state index < -0.39 is 11.9 Å². The molecule has 3 N–H and O–H groups in total. The summed E-state index contributed by atoms with van der Waals surface area (Å²) in [7, 11) is 1.26. The van der Waals surface area contributed by atoms with Crippen LogP contribution >= 0.6 is 11.3 Å². The minimum Gasteiger partial charge on any atom is -0.493 e. The first kappa shape index (κ1) is 30.8. The van der Waals surface area contributed by atoms with E-state index in [1.54, 1.807) is 29.5 Å². The fourth-order valence-electron chi connectivity index (χ4n) is 5.61. The van der Waals surface area contributed by atoms with Crippen LogP contribution in [0.1, 0.15) is 69.7 Å². The third-order valence-corrected chi connectivity index (χ3v) is 8.76. The number of carbonyl (C=O) groups excluding carboxylic acids is 3. The minimum atomic E-state index is -0.730. The average Bonchev–Trinajstić information content (AvgIpc) is 3.70. The number of anilines is 1. The van der Waals surface area contributed by atoms with Crippen molar-refractivity contribution in [2.75, 3.05) is 25.6 Å². The lowest BCUT2D eigenvalue weighted by Gasteiger charge is -2.18. The highest BCUT2D eigenvalue weighted by molar-refractivity contribution is 7.13. The first-order chi connectivity index (χ1) is 22.3. The van der Waals surface area contributed by atoms with Crippen LogP contribution in [0.15, 0.2) is 65.7 Å². The predicted octanol–water partition coefficient (Wildman–Crippen LogP) is 7.50. The molecule has 0 radical (unpaired) electrons. The molecule has 0 saturated heterocycles. The van der Waals surface area contributed by atoms with Crippen LogP contribution in [-0.2, 0) is 11.2 Å². The van der Waals surface area contributed by atoms with Gasteiger partial charge >= 0.3 is 5.97 Å². The Morgan fingerprint density at radius 1 is 1.04 bits per heavy atom. The Morgan fingerprint density at radius 3 is 2.67 bits per heavy atom. The molecule has 0 aliphatic carbocycles. The SMILES string of the molecule is CCCNC(=O)c1ccc(-c2cc3c(cc2C(=O)Nc2ccc4[nH]ccc4c2C=C(C)C)-c2sccc2CCO3)c(C(=O)OC)n1. The van der Waals surface area contributed by atoms with E-state index >= 15 is 0 Å². The average molecular weight is 635 g/mol. The number of benzene rings is 2. The van der Waals surface area contributed by atoms with Crippen molar-refractivity contribution in [2.24, 2.45) is 0 Å². The molecular formula is C36H34N4O5S. The number of aromatic nitrogens is 2. The largest absolute Gasteiger partial charge is 0.493 e. The van der Waals surface area contributed by atoms with Crippen LogP contribution in [0.4, 0.5) is 5.69 Å². The van der Waals surface area contributed by atoms with Crippen molar-refractivity contribution in [3.63, 3.8) is 0 Å². The molecule has 10 heteroatoms. The zero-order chi connectivity index (χ0) is 32.4. The zero-order valence-corrected chi connectivity index (χ0v) is 26.9. The Morgan fingerprint density at radius 2 is 1.89 bits per heavy atom. The monoisotopic (exact) mass is 634 g/mol. The lowest BCUT2D eigenvalue weighted by molar-refractivity contribution is 0.0594. The Hall–Kier alpha value is -5.22. The number of pyridine rings is 1. The van der Waals surface area contributed by atoms with Crippen LogP contribution in [0, 0.1) is 0 Å². The van der Waals surface area contributed by atoms with E-state index in [1.807, 2.05) is 62.7 Å². The molecule has 0 fully saturated rings. The van der Waals surface area contributed by atoms with Gasteiger partial charge in [-0.15, -0.1) is 11.3 Å². The fourth-order valence-corrected chi connectivity index (χ4v) is 6.59. The molecule has 234 valence electrons. The van der Waals surface area contributed by atoms with Gasteiger partial charge in [-0.25, -0.2) is 9.78 Å². The summed E-state index contributed by atoms with van der Waals surface area (Å²) < 4.78 is 11.3. The van der Waals surface area contributed by atoms with Gasteiger partial charge in [0.05, 0.1) is 13.7 Å². The molecule has 9 nitrogen and oxygen atoms in total. The number of thiophene rings is 1. The van der Waals surface area contributed by atoms with E-state index in [0.29, 0.717) is 41.3 Å². The maximum absolute atomic E-state index is 14.4. The van der Waals surface area contributed by atoms with Gasteiger partial charge in [0.25, 0.3) is 11.8 Å². The number of allylic oxidation sites excluding steroid dienone is 1. The molecule has 0 unspecified atom stereocenters. The second-order valence-electron chi connectivity index (χ2n) is 11.2.